The van der Waals surface area contributed by atoms with Crippen molar-refractivity contribution in [1.82, 2.24) is 4.98 Å². The maximum absolute atomic E-state index is 5.98. The lowest BCUT2D eigenvalue weighted by molar-refractivity contribution is 0.415. The summed E-state index contributed by atoms with van der Waals surface area (Å²) in [5.41, 5.74) is 2.48. The molecular formula is C18H12BrNO2. The van der Waals surface area contributed by atoms with Crippen LogP contribution in [0.5, 0.6) is 5.75 Å². The van der Waals surface area contributed by atoms with Gasteiger partial charge < -0.3 is 9.15 Å². The molecule has 4 heteroatoms. The fraction of sp³-hybridized carbons (Fsp3) is 0.0556. The largest absolute Gasteiger partial charge is 0.497 e. The summed E-state index contributed by atoms with van der Waals surface area (Å²) in [4.78, 5) is 4.63. The molecule has 0 bridgehead atoms. The Morgan fingerprint density at radius 3 is 2.73 bits per heavy atom. The third-order valence-corrected chi connectivity index (χ3v) is 4.26. The highest BCUT2D eigenvalue weighted by atomic mass is 79.9. The zero-order chi connectivity index (χ0) is 15.1. The van der Waals surface area contributed by atoms with Crippen molar-refractivity contribution in [3.05, 3.63) is 59.1 Å². The van der Waals surface area contributed by atoms with Crippen LogP contribution in [0.1, 0.15) is 0 Å². The van der Waals surface area contributed by atoms with Gasteiger partial charge >= 0.3 is 0 Å². The maximum Gasteiger partial charge on any atom is 0.228 e. The van der Waals surface area contributed by atoms with Crippen LogP contribution in [0.25, 0.3) is 33.3 Å². The average Bonchev–Trinajstić information content (AvgIpc) is 2.98. The average molecular weight is 354 g/mol. The monoisotopic (exact) mass is 353 g/mol. The van der Waals surface area contributed by atoms with E-state index in [2.05, 4.69) is 39.1 Å². The van der Waals surface area contributed by atoms with Gasteiger partial charge in [-0.15, -0.1) is 0 Å². The van der Waals surface area contributed by atoms with E-state index in [1.54, 1.807) is 7.11 Å². The SMILES string of the molecule is COc1cc(Br)c2oc(-c3cccc4ccccc34)nc2c1. The Balaban J connectivity index is 1.99. The van der Waals surface area contributed by atoms with E-state index >= 15 is 0 Å². The number of hydrogen-bond acceptors (Lipinski definition) is 3. The van der Waals surface area contributed by atoms with Crippen LogP contribution in [-0.4, -0.2) is 12.1 Å². The topological polar surface area (TPSA) is 35.3 Å². The van der Waals surface area contributed by atoms with Gasteiger partial charge in [-0.25, -0.2) is 4.98 Å². The molecule has 1 aromatic heterocycles. The quantitative estimate of drug-likeness (QED) is 0.482. The van der Waals surface area contributed by atoms with Crippen molar-refractivity contribution in [2.45, 2.75) is 0 Å². The summed E-state index contributed by atoms with van der Waals surface area (Å²) >= 11 is 3.51. The smallest absolute Gasteiger partial charge is 0.228 e. The molecular weight excluding hydrogens is 342 g/mol. The Bertz CT molecular complexity index is 986. The van der Waals surface area contributed by atoms with E-state index in [1.165, 1.54) is 5.39 Å². The highest BCUT2D eigenvalue weighted by Gasteiger charge is 2.14. The molecule has 0 aliphatic heterocycles. The summed E-state index contributed by atoms with van der Waals surface area (Å²) in [6, 6.07) is 18.1. The highest BCUT2D eigenvalue weighted by molar-refractivity contribution is 9.10. The van der Waals surface area contributed by atoms with Crippen LogP contribution in [-0.2, 0) is 0 Å². The number of methoxy groups -OCH3 is 1. The van der Waals surface area contributed by atoms with Crippen molar-refractivity contribution in [3.63, 3.8) is 0 Å². The summed E-state index contributed by atoms with van der Waals surface area (Å²) in [7, 11) is 1.64. The Morgan fingerprint density at radius 1 is 1.05 bits per heavy atom. The fourth-order valence-electron chi connectivity index (χ4n) is 2.61. The van der Waals surface area contributed by atoms with E-state index in [9.17, 15) is 0 Å². The normalized spacial score (nSPS) is 11.2. The number of ether oxygens (including phenoxy) is 1. The number of nitrogens with zero attached hydrogens (tertiary/aromatic N) is 1. The lowest BCUT2D eigenvalue weighted by Crippen LogP contribution is -1.82. The lowest BCUT2D eigenvalue weighted by Gasteiger charge is -2.02. The van der Waals surface area contributed by atoms with Crippen LogP contribution in [0.2, 0.25) is 0 Å². The molecule has 0 aliphatic carbocycles. The Morgan fingerprint density at radius 2 is 1.86 bits per heavy atom. The number of halogens is 1. The van der Waals surface area contributed by atoms with Gasteiger partial charge in [0.1, 0.15) is 11.3 Å². The third-order valence-electron chi connectivity index (χ3n) is 3.67. The first-order valence-electron chi connectivity index (χ1n) is 6.88. The number of fused-ring (bicyclic) bond motifs is 2. The zero-order valence-corrected chi connectivity index (χ0v) is 13.4. The predicted octanol–water partition coefficient (Wildman–Crippen LogP) is 5.42. The predicted molar refractivity (Wildman–Crippen MR) is 91.2 cm³/mol. The van der Waals surface area contributed by atoms with Gasteiger partial charge in [0.05, 0.1) is 11.6 Å². The molecule has 0 spiro atoms. The second kappa shape index (κ2) is 5.14. The van der Waals surface area contributed by atoms with Gasteiger partial charge in [-0.2, -0.15) is 0 Å². The number of benzene rings is 3. The minimum atomic E-state index is 0.612. The van der Waals surface area contributed by atoms with Crippen molar-refractivity contribution in [2.75, 3.05) is 7.11 Å². The molecule has 0 amide bonds. The summed E-state index contributed by atoms with van der Waals surface area (Å²) in [6.07, 6.45) is 0. The van der Waals surface area contributed by atoms with Gasteiger partial charge in [0, 0.05) is 11.6 Å². The summed E-state index contributed by atoms with van der Waals surface area (Å²) in [6.45, 7) is 0. The number of aromatic nitrogens is 1. The molecule has 0 N–H and O–H groups in total. The molecule has 0 aliphatic rings. The van der Waals surface area contributed by atoms with Crippen LogP contribution >= 0.6 is 15.9 Å². The number of hydrogen-bond donors (Lipinski definition) is 0. The summed E-state index contributed by atoms with van der Waals surface area (Å²) in [5.74, 6) is 1.36. The van der Waals surface area contributed by atoms with Gasteiger partial charge in [-0.05, 0) is 38.8 Å². The number of oxazole rings is 1. The first kappa shape index (κ1) is 13.3. The Kier molecular flexibility index (Phi) is 3.12. The van der Waals surface area contributed by atoms with Crippen molar-refractivity contribution in [2.24, 2.45) is 0 Å². The molecule has 0 radical (unpaired) electrons. The fourth-order valence-corrected chi connectivity index (χ4v) is 3.12. The first-order chi connectivity index (χ1) is 10.8. The van der Waals surface area contributed by atoms with Gasteiger partial charge in [-0.3, -0.25) is 0 Å². The van der Waals surface area contributed by atoms with Crippen LogP contribution < -0.4 is 4.74 Å². The minimum Gasteiger partial charge on any atom is -0.497 e. The van der Waals surface area contributed by atoms with E-state index in [-0.39, 0.29) is 0 Å². The number of rotatable bonds is 2. The van der Waals surface area contributed by atoms with Crippen LogP contribution in [0.4, 0.5) is 0 Å². The highest BCUT2D eigenvalue weighted by Crippen LogP contribution is 2.35. The van der Waals surface area contributed by atoms with E-state index in [0.29, 0.717) is 5.89 Å². The van der Waals surface area contributed by atoms with E-state index in [4.69, 9.17) is 9.15 Å². The van der Waals surface area contributed by atoms with E-state index < -0.39 is 0 Å². The van der Waals surface area contributed by atoms with Crippen LogP contribution in [0, 0.1) is 0 Å². The van der Waals surface area contributed by atoms with Gasteiger partial charge in [0.25, 0.3) is 0 Å². The molecule has 0 fully saturated rings. The second-order valence-electron chi connectivity index (χ2n) is 5.00. The molecule has 3 aromatic carbocycles. The zero-order valence-electron chi connectivity index (χ0n) is 11.8. The standard InChI is InChI=1S/C18H12BrNO2/c1-21-12-9-15(19)17-16(10-12)20-18(22-17)14-8-4-6-11-5-2-3-7-13(11)14/h2-10H,1H3. The Hall–Kier alpha value is -2.33. The van der Waals surface area contributed by atoms with Gasteiger partial charge in [0.2, 0.25) is 5.89 Å². The molecule has 0 saturated heterocycles. The van der Waals surface area contributed by atoms with Crippen molar-refractivity contribution >= 4 is 37.8 Å². The summed E-state index contributed by atoms with van der Waals surface area (Å²) < 4.78 is 12.1. The third kappa shape index (κ3) is 2.07. The first-order valence-corrected chi connectivity index (χ1v) is 7.68. The van der Waals surface area contributed by atoms with Crippen molar-refractivity contribution in [1.29, 1.82) is 0 Å². The van der Waals surface area contributed by atoms with Crippen molar-refractivity contribution in [3.8, 4) is 17.2 Å². The van der Waals surface area contributed by atoms with E-state index in [0.717, 1.165) is 32.3 Å². The van der Waals surface area contributed by atoms with Crippen molar-refractivity contribution < 1.29 is 9.15 Å². The molecule has 1 heterocycles. The lowest BCUT2D eigenvalue weighted by atomic mass is 10.0. The van der Waals surface area contributed by atoms with Crippen LogP contribution in [0.15, 0.2) is 63.5 Å². The Labute approximate surface area is 135 Å². The maximum atomic E-state index is 5.98. The van der Waals surface area contributed by atoms with Gasteiger partial charge in [0.15, 0.2) is 5.58 Å². The van der Waals surface area contributed by atoms with Gasteiger partial charge in [-0.1, -0.05) is 36.4 Å². The molecule has 3 nitrogen and oxygen atoms in total. The van der Waals surface area contributed by atoms with Crippen LogP contribution in [0.3, 0.4) is 0 Å². The molecule has 4 rings (SSSR count). The van der Waals surface area contributed by atoms with E-state index in [1.807, 2.05) is 36.4 Å². The summed E-state index contributed by atoms with van der Waals surface area (Å²) in [5, 5.41) is 2.29. The molecule has 22 heavy (non-hydrogen) atoms. The minimum absolute atomic E-state index is 0.612. The molecule has 0 unspecified atom stereocenters. The molecule has 0 saturated carbocycles. The molecule has 108 valence electrons. The molecule has 4 aromatic rings. The second-order valence-corrected chi connectivity index (χ2v) is 5.86. The molecule has 0 atom stereocenters.